The second-order valence-electron chi connectivity index (χ2n) is 5.95. The first kappa shape index (κ1) is 18.5. The highest BCUT2D eigenvalue weighted by atomic mass is 32.1. The zero-order valence-electron chi connectivity index (χ0n) is 15.0. The molecule has 3 rings (SSSR count). The van der Waals surface area contributed by atoms with Crippen LogP contribution >= 0.6 is 23.8 Å². The molecule has 0 unspecified atom stereocenters. The molecule has 0 spiro atoms. The Morgan fingerprint density at radius 3 is 2.31 bits per heavy atom. The lowest BCUT2D eigenvalue weighted by Crippen LogP contribution is -2.28. The Hall–Kier alpha value is -2.31. The first-order chi connectivity index (χ1) is 12.7. The summed E-state index contributed by atoms with van der Waals surface area (Å²) in [6, 6.07) is 14.7. The summed E-state index contributed by atoms with van der Waals surface area (Å²) < 4.78 is 3.90. The van der Waals surface area contributed by atoms with Crippen molar-refractivity contribution < 1.29 is 0 Å². The fraction of sp³-hybridized carbons (Fsp3) is 0.250. The van der Waals surface area contributed by atoms with Gasteiger partial charge in [0.05, 0.1) is 0 Å². The van der Waals surface area contributed by atoms with E-state index in [2.05, 4.69) is 76.5 Å². The first-order valence-corrected chi connectivity index (χ1v) is 9.97. The van der Waals surface area contributed by atoms with Gasteiger partial charge in [-0.15, -0.1) is 5.10 Å². The van der Waals surface area contributed by atoms with Crippen molar-refractivity contribution in [2.75, 3.05) is 5.32 Å². The minimum Gasteiger partial charge on any atom is -0.358 e. The summed E-state index contributed by atoms with van der Waals surface area (Å²) in [7, 11) is 0. The minimum atomic E-state index is 0.647. The number of aromatic nitrogens is 2. The molecule has 0 radical (unpaired) electrons. The molecule has 2 N–H and O–H groups in total. The van der Waals surface area contributed by atoms with E-state index in [9.17, 15) is 0 Å². The lowest BCUT2D eigenvalue weighted by Gasteiger charge is -2.17. The summed E-state index contributed by atoms with van der Waals surface area (Å²) in [5.41, 5.74) is 6.87. The highest BCUT2D eigenvalue weighted by Gasteiger charge is 2.08. The van der Waals surface area contributed by atoms with Crippen LogP contribution in [0, 0.1) is 0 Å². The number of hydrogen-bond donors (Lipinski definition) is 2. The Morgan fingerprint density at radius 1 is 1.04 bits per heavy atom. The number of nitrogens with one attached hydrogen (secondary N) is 2. The second-order valence-corrected chi connectivity index (χ2v) is 6.97. The van der Waals surface area contributed by atoms with E-state index >= 15 is 0 Å². The lowest BCUT2D eigenvalue weighted by atomic mass is 10.0. The number of thiocarbonyl (C=S) groups is 1. The predicted octanol–water partition coefficient (Wildman–Crippen LogP) is 4.82. The van der Waals surface area contributed by atoms with Crippen molar-refractivity contribution in [2.24, 2.45) is 0 Å². The molecule has 0 fully saturated rings. The fourth-order valence-electron chi connectivity index (χ4n) is 2.83. The molecular formula is C20H22N4S2. The molecule has 1 heterocycles. The van der Waals surface area contributed by atoms with Gasteiger partial charge in [0.1, 0.15) is 5.69 Å². The third-order valence-electron chi connectivity index (χ3n) is 4.30. The SMILES string of the molecule is CCc1cccc(CC)c1NC(=S)NCc1ccc(-c2csnn2)cc1. The summed E-state index contributed by atoms with van der Waals surface area (Å²) in [4.78, 5) is 0. The number of nitrogens with zero attached hydrogens (tertiary/aromatic N) is 2. The maximum absolute atomic E-state index is 5.50. The standard InChI is InChI=1S/C20H22N4S2/c1-3-15-6-5-7-16(4-2)19(15)22-20(25)21-12-14-8-10-17(11-9-14)18-13-26-24-23-18/h5-11,13H,3-4,12H2,1-2H3,(H2,21,22,25). The van der Waals surface area contributed by atoms with E-state index in [-0.39, 0.29) is 0 Å². The van der Waals surface area contributed by atoms with E-state index in [4.69, 9.17) is 12.2 Å². The smallest absolute Gasteiger partial charge is 0.171 e. The van der Waals surface area contributed by atoms with Gasteiger partial charge in [0.25, 0.3) is 0 Å². The molecule has 4 nitrogen and oxygen atoms in total. The van der Waals surface area contributed by atoms with Gasteiger partial charge in [-0.3, -0.25) is 0 Å². The summed E-state index contributed by atoms with van der Waals surface area (Å²) in [5.74, 6) is 0. The number of para-hydroxylation sites is 1. The average Bonchev–Trinajstić information content (AvgIpc) is 3.21. The van der Waals surface area contributed by atoms with Gasteiger partial charge in [0.2, 0.25) is 0 Å². The minimum absolute atomic E-state index is 0.647. The van der Waals surface area contributed by atoms with Crippen LogP contribution in [0.5, 0.6) is 0 Å². The van der Waals surface area contributed by atoms with E-state index < -0.39 is 0 Å². The number of aryl methyl sites for hydroxylation is 2. The zero-order chi connectivity index (χ0) is 18.4. The van der Waals surface area contributed by atoms with Crippen molar-refractivity contribution in [1.29, 1.82) is 0 Å². The predicted molar refractivity (Wildman–Crippen MR) is 114 cm³/mol. The Bertz CT molecular complexity index is 836. The number of benzene rings is 2. The van der Waals surface area contributed by atoms with E-state index in [1.165, 1.54) is 28.2 Å². The quantitative estimate of drug-likeness (QED) is 0.599. The number of anilines is 1. The molecule has 0 amide bonds. The van der Waals surface area contributed by atoms with Crippen molar-refractivity contribution in [3.63, 3.8) is 0 Å². The molecule has 3 aromatic rings. The molecule has 0 aliphatic carbocycles. The Kier molecular flexibility index (Phi) is 6.30. The normalized spacial score (nSPS) is 10.5. The molecule has 0 bridgehead atoms. The van der Waals surface area contributed by atoms with E-state index in [0.29, 0.717) is 11.7 Å². The van der Waals surface area contributed by atoms with E-state index in [0.717, 1.165) is 29.8 Å². The van der Waals surface area contributed by atoms with E-state index in [1.54, 1.807) is 0 Å². The van der Waals surface area contributed by atoms with Crippen LogP contribution in [-0.2, 0) is 19.4 Å². The highest BCUT2D eigenvalue weighted by Crippen LogP contribution is 2.22. The van der Waals surface area contributed by atoms with Crippen molar-refractivity contribution in [3.05, 3.63) is 64.5 Å². The van der Waals surface area contributed by atoms with Crippen LogP contribution in [0.3, 0.4) is 0 Å². The van der Waals surface area contributed by atoms with Crippen LogP contribution in [0.25, 0.3) is 11.3 Å². The topological polar surface area (TPSA) is 49.8 Å². The third kappa shape index (κ3) is 4.45. The van der Waals surface area contributed by atoms with Gasteiger partial charge in [-0.1, -0.05) is 60.8 Å². The largest absolute Gasteiger partial charge is 0.358 e. The molecule has 0 saturated carbocycles. The third-order valence-corrected chi connectivity index (χ3v) is 5.05. The monoisotopic (exact) mass is 382 g/mol. The van der Waals surface area contributed by atoms with Crippen LogP contribution in [0.4, 0.5) is 5.69 Å². The van der Waals surface area contributed by atoms with Gasteiger partial charge in [0, 0.05) is 23.2 Å². The van der Waals surface area contributed by atoms with Crippen molar-refractivity contribution in [3.8, 4) is 11.3 Å². The first-order valence-electron chi connectivity index (χ1n) is 8.73. The maximum Gasteiger partial charge on any atom is 0.171 e. The highest BCUT2D eigenvalue weighted by molar-refractivity contribution is 7.80. The van der Waals surface area contributed by atoms with Crippen molar-refractivity contribution >= 4 is 34.6 Å². The molecule has 26 heavy (non-hydrogen) atoms. The van der Waals surface area contributed by atoms with Gasteiger partial charge >= 0.3 is 0 Å². The Labute approximate surface area is 163 Å². The lowest BCUT2D eigenvalue weighted by molar-refractivity contribution is 0.924. The van der Waals surface area contributed by atoms with Crippen LogP contribution in [-0.4, -0.2) is 14.7 Å². The van der Waals surface area contributed by atoms with Gasteiger partial charge in [0.15, 0.2) is 5.11 Å². The number of hydrogen-bond acceptors (Lipinski definition) is 4. The molecule has 0 atom stereocenters. The van der Waals surface area contributed by atoms with Crippen molar-refractivity contribution in [2.45, 2.75) is 33.2 Å². The molecule has 0 aliphatic rings. The molecular weight excluding hydrogens is 360 g/mol. The fourth-order valence-corrected chi connectivity index (χ4v) is 3.47. The molecule has 0 saturated heterocycles. The average molecular weight is 383 g/mol. The van der Waals surface area contributed by atoms with Gasteiger partial charge in [-0.2, -0.15) is 0 Å². The molecule has 0 aliphatic heterocycles. The summed E-state index contributed by atoms with van der Waals surface area (Å²) in [6.07, 6.45) is 1.96. The molecule has 1 aromatic heterocycles. The number of rotatable bonds is 6. The van der Waals surface area contributed by atoms with Crippen LogP contribution < -0.4 is 10.6 Å². The van der Waals surface area contributed by atoms with Crippen LogP contribution in [0.2, 0.25) is 0 Å². The maximum atomic E-state index is 5.50. The van der Waals surface area contributed by atoms with E-state index in [1.807, 2.05) is 5.38 Å². The Morgan fingerprint density at radius 2 is 1.73 bits per heavy atom. The summed E-state index contributed by atoms with van der Waals surface area (Å²) in [6.45, 7) is 5.00. The second kappa shape index (κ2) is 8.87. The summed E-state index contributed by atoms with van der Waals surface area (Å²) >= 11 is 6.86. The van der Waals surface area contributed by atoms with Crippen LogP contribution in [0.15, 0.2) is 47.8 Å². The Balaban J connectivity index is 1.61. The molecule has 134 valence electrons. The van der Waals surface area contributed by atoms with Gasteiger partial charge < -0.3 is 10.6 Å². The zero-order valence-corrected chi connectivity index (χ0v) is 16.6. The summed E-state index contributed by atoms with van der Waals surface area (Å²) in [5, 5.41) is 13.4. The van der Waals surface area contributed by atoms with Gasteiger partial charge in [-0.25, -0.2) is 0 Å². The van der Waals surface area contributed by atoms with Gasteiger partial charge in [-0.05, 0) is 53.3 Å². The molecule has 2 aromatic carbocycles. The van der Waals surface area contributed by atoms with Crippen molar-refractivity contribution in [1.82, 2.24) is 14.9 Å². The van der Waals surface area contributed by atoms with Crippen LogP contribution in [0.1, 0.15) is 30.5 Å². The molecule has 6 heteroatoms.